The number of carbonyl (C=O) groups is 4. The van der Waals surface area contributed by atoms with Crippen molar-refractivity contribution in [1.82, 2.24) is 0 Å². The quantitative estimate of drug-likeness (QED) is 0.353. The van der Waals surface area contributed by atoms with Crippen LogP contribution in [0.3, 0.4) is 0 Å². The van der Waals surface area contributed by atoms with Gasteiger partial charge in [0.1, 0.15) is 13.1 Å². The van der Waals surface area contributed by atoms with Crippen molar-refractivity contribution in [3.05, 3.63) is 0 Å². The van der Waals surface area contributed by atoms with Crippen LogP contribution in [0.2, 0.25) is 0 Å². The average molecular weight is 132 g/mol. The molecule has 0 N–H and O–H groups in total. The maximum absolute atomic E-state index is 8.81. The molecule has 0 aliphatic carbocycles. The Balaban J connectivity index is -0.0000000646. The van der Waals surface area contributed by atoms with Crippen LogP contribution in [0.25, 0.3) is 0 Å². The molecule has 0 unspecified atom stereocenters. The molecule has 0 aromatic heterocycles. The molecule has 0 radical (unpaired) electrons. The maximum Gasteiger partial charge on any atom is 0.182 e. The van der Waals surface area contributed by atoms with E-state index in [0.717, 1.165) is 6.29 Å². The zero-order chi connectivity index (χ0) is 8.12. The van der Waals surface area contributed by atoms with Crippen molar-refractivity contribution in [3.8, 4) is 0 Å². The van der Waals surface area contributed by atoms with E-state index in [1.54, 1.807) is 0 Å². The lowest BCUT2D eigenvalue weighted by Crippen LogP contribution is -1.62. The molecule has 4 heteroatoms. The van der Waals surface area contributed by atoms with Gasteiger partial charge in [-0.2, -0.15) is 0 Å². The fourth-order valence-electron chi connectivity index (χ4n) is 0. The molecule has 0 bridgehead atoms. The van der Waals surface area contributed by atoms with Crippen LogP contribution in [-0.2, 0) is 19.2 Å². The number of hydrogen-bond acceptors (Lipinski definition) is 4. The van der Waals surface area contributed by atoms with Crippen LogP contribution in [-0.4, -0.2) is 25.6 Å². The fraction of sp³-hybridized carbons (Fsp3) is 0.200. The zero-order valence-corrected chi connectivity index (χ0v) is 5.07. The smallest absolute Gasteiger partial charge is 0.182 e. The summed E-state index contributed by atoms with van der Waals surface area (Å²) in [5.41, 5.74) is 0. The third kappa shape index (κ3) is 1430. The first kappa shape index (κ1) is 15.6. The number of aldehydes is 3. The maximum atomic E-state index is 8.81. The lowest BCUT2D eigenvalue weighted by Gasteiger charge is -1.31. The summed E-state index contributed by atoms with van der Waals surface area (Å²) in [4.78, 5) is 34.4. The molecule has 0 heterocycles. The minimum atomic E-state index is 0.194. The highest BCUT2D eigenvalue weighted by Gasteiger charge is 1.47. The largest absolute Gasteiger partial charge is 0.307 e. The van der Waals surface area contributed by atoms with Gasteiger partial charge >= 0.3 is 0 Å². The molecule has 0 atom stereocenters. The van der Waals surface area contributed by atoms with Gasteiger partial charge in [0.25, 0.3) is 0 Å². The SMILES string of the molecule is C=O.CC=O.O=CC=O. The second-order valence-electron chi connectivity index (χ2n) is 0.508. The second-order valence-corrected chi connectivity index (χ2v) is 0.508. The van der Waals surface area contributed by atoms with Crippen molar-refractivity contribution in [2.75, 3.05) is 0 Å². The van der Waals surface area contributed by atoms with Crippen LogP contribution in [0.5, 0.6) is 0 Å². The first-order chi connectivity index (χ1) is 4.33. The van der Waals surface area contributed by atoms with Crippen molar-refractivity contribution in [2.45, 2.75) is 6.92 Å². The van der Waals surface area contributed by atoms with Gasteiger partial charge in [0.05, 0.1) is 0 Å². The van der Waals surface area contributed by atoms with Crippen LogP contribution in [0, 0.1) is 0 Å². The van der Waals surface area contributed by atoms with E-state index in [2.05, 4.69) is 0 Å². The second kappa shape index (κ2) is 76.4. The molecular weight excluding hydrogens is 124 g/mol. The Morgan fingerprint density at radius 1 is 1.00 bits per heavy atom. The van der Waals surface area contributed by atoms with E-state index >= 15 is 0 Å². The van der Waals surface area contributed by atoms with E-state index in [1.807, 2.05) is 6.79 Å². The standard InChI is InChI=1S/C2H2O2.C2H4O.CH2O/c3-1-2-4;1-2-3;1-2/h1-2H;2H,1H3;1H2. The van der Waals surface area contributed by atoms with Gasteiger partial charge in [-0.3, -0.25) is 9.59 Å². The van der Waals surface area contributed by atoms with Gasteiger partial charge in [-0.25, -0.2) is 0 Å². The van der Waals surface area contributed by atoms with Gasteiger partial charge < -0.3 is 9.59 Å². The molecule has 0 amide bonds. The Hall–Kier alpha value is -1.32. The minimum absolute atomic E-state index is 0.194. The number of hydrogen-bond donors (Lipinski definition) is 0. The average Bonchev–Trinajstić information content (AvgIpc) is 1.94. The fourth-order valence-corrected chi connectivity index (χ4v) is 0. The Bertz CT molecular complexity index is 63.4. The summed E-state index contributed by atoms with van der Waals surface area (Å²) >= 11 is 0. The first-order valence-corrected chi connectivity index (χ1v) is 1.91. The molecule has 0 aliphatic rings. The minimum Gasteiger partial charge on any atom is -0.307 e. The third-order valence-corrected chi connectivity index (χ3v) is 0.0556. The highest BCUT2D eigenvalue weighted by atomic mass is 16.2. The van der Waals surface area contributed by atoms with Gasteiger partial charge in [-0.05, 0) is 6.92 Å². The molecular formula is C5H8O4. The Kier molecular flexibility index (Phi) is 133. The molecule has 0 aromatic carbocycles. The third-order valence-electron chi connectivity index (χ3n) is 0.0556. The molecule has 52 valence electrons. The highest BCUT2D eigenvalue weighted by Crippen LogP contribution is 1.13. The molecule has 0 aliphatic heterocycles. The summed E-state index contributed by atoms with van der Waals surface area (Å²) in [5.74, 6) is 0. The van der Waals surface area contributed by atoms with E-state index in [0.29, 0.717) is 0 Å². The molecule has 4 nitrogen and oxygen atoms in total. The Morgan fingerprint density at radius 3 is 1.11 bits per heavy atom. The summed E-state index contributed by atoms with van der Waals surface area (Å²) in [6, 6.07) is 0. The van der Waals surface area contributed by atoms with Crippen LogP contribution in [0.1, 0.15) is 6.92 Å². The van der Waals surface area contributed by atoms with Crippen LogP contribution in [0.15, 0.2) is 0 Å². The van der Waals surface area contributed by atoms with Crippen molar-refractivity contribution in [1.29, 1.82) is 0 Å². The zero-order valence-electron chi connectivity index (χ0n) is 5.07. The summed E-state index contributed by atoms with van der Waals surface area (Å²) < 4.78 is 0. The van der Waals surface area contributed by atoms with Gasteiger partial charge in [-0.15, -0.1) is 0 Å². The Labute approximate surface area is 52.9 Å². The monoisotopic (exact) mass is 132 g/mol. The molecule has 0 saturated carbocycles. The summed E-state index contributed by atoms with van der Waals surface area (Å²) in [6.07, 6.45) is 1.14. The molecule has 0 fully saturated rings. The van der Waals surface area contributed by atoms with Crippen LogP contribution < -0.4 is 0 Å². The molecule has 9 heavy (non-hydrogen) atoms. The predicted molar refractivity (Wildman–Crippen MR) is 31.0 cm³/mol. The van der Waals surface area contributed by atoms with Gasteiger partial charge in [0.15, 0.2) is 12.6 Å². The van der Waals surface area contributed by atoms with Crippen molar-refractivity contribution in [3.63, 3.8) is 0 Å². The van der Waals surface area contributed by atoms with Crippen molar-refractivity contribution in [2.24, 2.45) is 0 Å². The van der Waals surface area contributed by atoms with E-state index in [-0.39, 0.29) is 12.6 Å². The molecule has 0 aromatic rings. The van der Waals surface area contributed by atoms with E-state index < -0.39 is 0 Å². The van der Waals surface area contributed by atoms with E-state index in [1.165, 1.54) is 6.92 Å². The predicted octanol–water partition coefficient (Wildman–Crippen LogP) is -0.596. The molecule has 0 saturated heterocycles. The Morgan fingerprint density at radius 2 is 1.11 bits per heavy atom. The van der Waals surface area contributed by atoms with Gasteiger partial charge in [-0.1, -0.05) is 0 Å². The van der Waals surface area contributed by atoms with Crippen LogP contribution in [0.4, 0.5) is 0 Å². The first-order valence-electron chi connectivity index (χ1n) is 1.91. The summed E-state index contributed by atoms with van der Waals surface area (Å²) in [5, 5.41) is 0. The lowest BCUT2D eigenvalue weighted by molar-refractivity contribution is -0.122. The summed E-state index contributed by atoms with van der Waals surface area (Å²) in [7, 11) is 0. The topological polar surface area (TPSA) is 68.3 Å². The molecule has 0 rings (SSSR count). The summed E-state index contributed by atoms with van der Waals surface area (Å²) in [6.45, 7) is 3.44. The van der Waals surface area contributed by atoms with Crippen molar-refractivity contribution < 1.29 is 19.2 Å². The van der Waals surface area contributed by atoms with Gasteiger partial charge in [0.2, 0.25) is 0 Å². The normalized spacial score (nSPS) is 4.11. The van der Waals surface area contributed by atoms with E-state index in [4.69, 9.17) is 19.2 Å². The van der Waals surface area contributed by atoms with Gasteiger partial charge in [0, 0.05) is 0 Å². The van der Waals surface area contributed by atoms with Crippen LogP contribution >= 0.6 is 0 Å². The lowest BCUT2D eigenvalue weighted by atomic mass is 10.9. The highest BCUT2D eigenvalue weighted by molar-refractivity contribution is 6.09. The number of rotatable bonds is 1. The van der Waals surface area contributed by atoms with E-state index in [9.17, 15) is 0 Å². The molecule has 0 spiro atoms. The van der Waals surface area contributed by atoms with Crippen molar-refractivity contribution >= 4 is 25.6 Å². The number of carbonyl (C=O) groups excluding carboxylic acids is 4.